The van der Waals surface area contributed by atoms with Gasteiger partial charge in [-0.25, -0.2) is 0 Å². The summed E-state index contributed by atoms with van der Waals surface area (Å²) in [4.78, 5) is 53.2. The zero-order chi connectivity index (χ0) is 40.9. The first-order valence-corrected chi connectivity index (χ1v) is 22.9. The quantitative estimate of drug-likeness (QED) is 0.0487. The van der Waals surface area contributed by atoms with Crippen molar-refractivity contribution in [2.24, 2.45) is 78.9 Å². The third kappa shape index (κ3) is 9.43. The summed E-state index contributed by atoms with van der Waals surface area (Å²) in [6.07, 6.45) is 8.00. The molecule has 0 aromatic rings. The van der Waals surface area contributed by atoms with Crippen LogP contribution in [0.15, 0.2) is 20.7 Å². The Balaban J connectivity index is 1.29. The van der Waals surface area contributed by atoms with Gasteiger partial charge < -0.3 is 19.7 Å². The highest BCUT2D eigenvalue weighted by atomic mass is 127. The van der Waals surface area contributed by atoms with Gasteiger partial charge in [0.25, 0.3) is 0 Å². The van der Waals surface area contributed by atoms with Crippen molar-refractivity contribution < 1.29 is 24.5 Å². The molecule has 14 nitrogen and oxygen atoms in total. The van der Waals surface area contributed by atoms with E-state index in [2.05, 4.69) is 60.8 Å². The number of nitroso groups, excluding NO2 is 4. The largest absolute Gasteiger partial charge is 0.389 e. The fraction of sp³-hybridized carbons (Fsp3) is 1.00. The highest BCUT2D eigenvalue weighted by Crippen LogP contribution is 2.68. The number of halogens is 1. The number of nitrogens with zero attached hydrogens (tertiary/aromatic N) is 4. The summed E-state index contributed by atoms with van der Waals surface area (Å²) in [5.41, 5.74) is 3.36. The van der Waals surface area contributed by atoms with E-state index in [-0.39, 0.29) is 18.1 Å². The Morgan fingerprint density at radius 3 is 2.23 bits per heavy atom. The van der Waals surface area contributed by atoms with E-state index in [4.69, 9.17) is 14.3 Å². The molecule has 19 atom stereocenters. The lowest BCUT2D eigenvalue weighted by molar-refractivity contribution is -0.288. The molecule has 1 saturated heterocycles. The second-order valence-corrected chi connectivity index (χ2v) is 20.9. The zero-order valence-corrected chi connectivity index (χ0v) is 36.9. The summed E-state index contributed by atoms with van der Waals surface area (Å²) in [7, 11) is 0. The molecule has 4 saturated carbocycles. The van der Waals surface area contributed by atoms with Crippen LogP contribution in [0.25, 0.3) is 0 Å². The number of hydroxylamine groups is 1. The Hall–Kier alpha value is -1.11. The maximum absolute atomic E-state index is 12.4. The lowest BCUT2D eigenvalue weighted by Crippen LogP contribution is -2.55. The van der Waals surface area contributed by atoms with Crippen LogP contribution in [0.4, 0.5) is 0 Å². The fourth-order valence-corrected chi connectivity index (χ4v) is 13.2. The number of aliphatic hydroxyl groups excluding tert-OH is 2. The van der Waals surface area contributed by atoms with Gasteiger partial charge in [0.2, 0.25) is 0 Å². The first kappa shape index (κ1) is 46.0. The van der Waals surface area contributed by atoms with Gasteiger partial charge in [0.15, 0.2) is 12.6 Å². The second-order valence-electron chi connectivity index (χ2n) is 19.3. The van der Waals surface area contributed by atoms with E-state index in [0.717, 1.165) is 55.3 Å². The van der Waals surface area contributed by atoms with Crippen LogP contribution in [0.2, 0.25) is 0 Å². The Morgan fingerprint density at radius 2 is 1.59 bits per heavy atom. The monoisotopic (exact) mass is 903 g/mol. The third-order valence-electron chi connectivity index (χ3n) is 15.9. The van der Waals surface area contributed by atoms with Crippen molar-refractivity contribution in [3.8, 4) is 0 Å². The maximum atomic E-state index is 12.4. The molecule has 320 valence electrons. The standard InChI is InChI=1S/C41H70IN5O9/c1-8-32-34(45-52)33(44-51)24(5)39(56-47-32)55-37(35(46-53)36(48)31(42)21-43-50)38(49)54-26-16-18-40(6)25(20-26)12-13-27-29-15-14-28(23(4)11-9-10-22(2)3)41(29,7)19-17-30(27)40/h22-39,47-49H,8-21H2,1-7H3/t23?,24-,25?,26+,27?,28-,29?,30?,31?,32?,33?,34-,35?,36-,37-,38-,39+,40+,41-/m1/s1. The van der Waals surface area contributed by atoms with Crippen LogP contribution in [0, 0.1) is 77.8 Å². The molecule has 0 spiro atoms. The van der Waals surface area contributed by atoms with Gasteiger partial charge in [-0.2, -0.15) is 25.1 Å². The minimum absolute atomic E-state index is 0.177. The highest BCUT2D eigenvalue weighted by Gasteiger charge is 2.61. The van der Waals surface area contributed by atoms with Gasteiger partial charge in [-0.05, 0) is 116 Å². The molecule has 0 bridgehead atoms. The Morgan fingerprint density at radius 1 is 0.893 bits per heavy atom. The lowest BCUT2D eigenvalue weighted by Gasteiger charge is -2.61. The van der Waals surface area contributed by atoms with Gasteiger partial charge in [-0.1, -0.05) is 111 Å². The van der Waals surface area contributed by atoms with Crippen LogP contribution < -0.4 is 5.48 Å². The van der Waals surface area contributed by atoms with Crippen LogP contribution in [0.1, 0.15) is 132 Å². The molecule has 0 radical (unpaired) electrons. The number of alkyl halides is 1. The third-order valence-corrected chi connectivity index (χ3v) is 17.0. The number of aliphatic hydroxyl groups is 2. The van der Waals surface area contributed by atoms with Crippen molar-refractivity contribution in [3.05, 3.63) is 19.6 Å². The fourth-order valence-electron chi connectivity index (χ4n) is 12.6. The van der Waals surface area contributed by atoms with Gasteiger partial charge in [-0.3, -0.25) is 4.84 Å². The second kappa shape index (κ2) is 20.0. The van der Waals surface area contributed by atoms with E-state index in [1.807, 2.05) is 22.6 Å². The number of fused-ring (bicyclic) bond motifs is 5. The molecule has 5 rings (SSSR count). The molecule has 1 heterocycles. The molecule has 1 aliphatic heterocycles. The average Bonchev–Trinajstić information content (AvgIpc) is 3.47. The lowest BCUT2D eigenvalue weighted by atomic mass is 9.44. The van der Waals surface area contributed by atoms with E-state index >= 15 is 0 Å². The summed E-state index contributed by atoms with van der Waals surface area (Å²) in [6.45, 7) is 15.4. The van der Waals surface area contributed by atoms with Gasteiger partial charge in [-0.15, -0.1) is 0 Å². The predicted molar refractivity (Wildman–Crippen MR) is 223 cm³/mol. The van der Waals surface area contributed by atoms with Crippen molar-refractivity contribution in [1.29, 1.82) is 0 Å². The number of ether oxygens (including phenoxy) is 2. The number of hydrogen-bond donors (Lipinski definition) is 3. The normalized spacial score (nSPS) is 41.8. The van der Waals surface area contributed by atoms with E-state index < -0.39 is 58.8 Å². The first-order valence-electron chi connectivity index (χ1n) is 21.7. The van der Waals surface area contributed by atoms with Crippen molar-refractivity contribution >= 4 is 22.6 Å². The molecule has 15 heteroatoms. The van der Waals surface area contributed by atoms with Gasteiger partial charge in [0.1, 0.15) is 24.2 Å². The molecule has 0 aromatic carbocycles. The minimum Gasteiger partial charge on any atom is -0.389 e. The summed E-state index contributed by atoms with van der Waals surface area (Å²) in [5.74, 6) is 4.10. The first-order chi connectivity index (χ1) is 26.7. The van der Waals surface area contributed by atoms with Gasteiger partial charge in [0, 0.05) is 5.92 Å². The molecule has 3 N–H and O–H groups in total. The van der Waals surface area contributed by atoms with Crippen LogP contribution in [0.3, 0.4) is 0 Å². The highest BCUT2D eigenvalue weighted by molar-refractivity contribution is 14.1. The van der Waals surface area contributed by atoms with Crippen LogP contribution in [-0.4, -0.2) is 75.7 Å². The topological polar surface area (TPSA) is 198 Å². The number of rotatable bonds is 19. The smallest absolute Gasteiger partial charge is 0.183 e. The number of hydrogen-bond acceptors (Lipinski definition) is 14. The molecule has 5 fully saturated rings. The molecule has 0 amide bonds. The molecule has 5 aliphatic rings. The van der Waals surface area contributed by atoms with Crippen molar-refractivity contribution in [2.75, 3.05) is 6.54 Å². The average molecular weight is 904 g/mol. The van der Waals surface area contributed by atoms with Crippen molar-refractivity contribution in [2.45, 2.75) is 191 Å². The van der Waals surface area contributed by atoms with Gasteiger partial charge >= 0.3 is 0 Å². The van der Waals surface area contributed by atoms with Gasteiger partial charge in [0.05, 0.1) is 28.7 Å². The summed E-state index contributed by atoms with van der Waals surface area (Å²) < 4.78 is 11.8. The Labute approximate surface area is 347 Å². The molecule has 9 unspecified atom stereocenters. The minimum atomic E-state index is -1.72. The molecular formula is C41H70IN5O9. The molecular weight excluding hydrogens is 833 g/mol. The van der Waals surface area contributed by atoms with E-state index in [9.17, 15) is 29.8 Å². The van der Waals surface area contributed by atoms with Crippen LogP contribution in [0.5, 0.6) is 0 Å². The number of nitrogens with one attached hydrogen (secondary N) is 1. The van der Waals surface area contributed by atoms with Crippen molar-refractivity contribution in [3.63, 3.8) is 0 Å². The Kier molecular flexibility index (Phi) is 16.4. The Bertz CT molecular complexity index is 1320. The van der Waals surface area contributed by atoms with E-state index in [1.54, 1.807) is 13.8 Å². The molecule has 0 aromatic heterocycles. The molecule has 4 aliphatic carbocycles. The van der Waals surface area contributed by atoms with Crippen LogP contribution in [-0.2, 0) is 14.3 Å². The molecule has 56 heavy (non-hydrogen) atoms. The SMILES string of the molecule is CCC1NO[C@H](O[C@H](C(N=O)[C@H](O)C(I)CN=O)[C@H](O)O[C@H]2CC[C@@]3(C)C(CCC4C3CC[C@@]3(C)C4CC[C@@H]3C(C)CCCC(C)C)C2)[C@H](C)C(N=O)[C@@H]1N=O. The summed E-state index contributed by atoms with van der Waals surface area (Å²) in [5, 5.41) is 35.4. The summed E-state index contributed by atoms with van der Waals surface area (Å²) in [6, 6.07) is -4.42. The van der Waals surface area contributed by atoms with Crippen LogP contribution >= 0.6 is 22.6 Å². The van der Waals surface area contributed by atoms with E-state index in [1.165, 1.54) is 51.4 Å². The predicted octanol–water partition coefficient (Wildman–Crippen LogP) is 8.81. The van der Waals surface area contributed by atoms with E-state index in [0.29, 0.717) is 23.7 Å². The summed E-state index contributed by atoms with van der Waals surface area (Å²) >= 11 is 1.81. The zero-order valence-electron chi connectivity index (χ0n) is 34.7. The van der Waals surface area contributed by atoms with Crippen molar-refractivity contribution in [1.82, 2.24) is 5.48 Å². The maximum Gasteiger partial charge on any atom is 0.183 e.